The zero-order chi connectivity index (χ0) is 16.8. The van der Waals surface area contributed by atoms with Gasteiger partial charge in [-0.3, -0.25) is 0 Å². The van der Waals surface area contributed by atoms with Gasteiger partial charge in [0.25, 0.3) is 0 Å². The third kappa shape index (κ3) is 5.09. The highest BCUT2D eigenvalue weighted by atomic mass is 35.5. The first kappa shape index (κ1) is 18.0. The van der Waals surface area contributed by atoms with Gasteiger partial charge >= 0.3 is 0 Å². The summed E-state index contributed by atoms with van der Waals surface area (Å²) in [5.74, 6) is 3.40. The van der Waals surface area contributed by atoms with E-state index in [1.807, 2.05) is 12.1 Å². The first-order valence-electron chi connectivity index (χ1n) is 9.76. The van der Waals surface area contributed by atoms with Crippen LogP contribution in [0.4, 0.5) is 4.39 Å². The van der Waals surface area contributed by atoms with E-state index < -0.39 is 0 Å². The lowest BCUT2D eigenvalue weighted by Gasteiger charge is -2.37. The molecule has 0 bridgehead atoms. The molecule has 0 aromatic heterocycles. The van der Waals surface area contributed by atoms with Crippen LogP contribution in [0, 0.1) is 29.5 Å². The minimum absolute atomic E-state index is 0.129. The maximum absolute atomic E-state index is 13.0. The minimum atomic E-state index is -0.129. The van der Waals surface area contributed by atoms with Gasteiger partial charge < -0.3 is 0 Å². The maximum Gasteiger partial charge on any atom is 0.123 e. The van der Waals surface area contributed by atoms with Crippen molar-refractivity contribution in [2.75, 3.05) is 0 Å². The maximum atomic E-state index is 13.0. The molecular weight excluding hydrogens is 319 g/mol. The third-order valence-electron chi connectivity index (χ3n) is 6.47. The second-order valence-electron chi connectivity index (χ2n) is 7.94. The summed E-state index contributed by atoms with van der Waals surface area (Å²) in [5, 5.41) is 0. The van der Waals surface area contributed by atoms with Crippen molar-refractivity contribution in [3.05, 3.63) is 47.3 Å². The van der Waals surface area contributed by atoms with Crippen LogP contribution in [0.25, 0.3) is 0 Å². The molecule has 3 rings (SSSR count). The van der Waals surface area contributed by atoms with Crippen LogP contribution < -0.4 is 0 Å². The van der Waals surface area contributed by atoms with Gasteiger partial charge in [-0.1, -0.05) is 42.7 Å². The average Bonchev–Trinajstić information content (AvgIpc) is 2.63. The molecule has 1 aromatic rings. The number of halogens is 2. The molecular formula is C22H30ClF. The summed E-state index contributed by atoms with van der Waals surface area (Å²) in [4.78, 5) is 0. The molecule has 2 fully saturated rings. The van der Waals surface area contributed by atoms with E-state index in [-0.39, 0.29) is 5.82 Å². The van der Waals surface area contributed by atoms with E-state index in [0.29, 0.717) is 0 Å². The van der Waals surface area contributed by atoms with Gasteiger partial charge in [0.15, 0.2) is 0 Å². The number of aryl methyl sites for hydroxylation is 1. The van der Waals surface area contributed by atoms with Crippen molar-refractivity contribution in [1.82, 2.24) is 0 Å². The van der Waals surface area contributed by atoms with Gasteiger partial charge in [0.1, 0.15) is 5.82 Å². The molecule has 24 heavy (non-hydrogen) atoms. The topological polar surface area (TPSA) is 0 Å². The average molecular weight is 349 g/mol. The van der Waals surface area contributed by atoms with Crippen molar-refractivity contribution in [2.45, 2.75) is 64.2 Å². The first-order valence-corrected chi connectivity index (χ1v) is 10.2. The SMILES string of the molecule is Fc1ccc(CCC2CCC(C3CCC(C=CCl)CC3)CC2)cc1. The first-order chi connectivity index (χ1) is 11.7. The largest absolute Gasteiger partial charge is 0.207 e. The standard InChI is InChI=1S/C22H30ClF/c23-16-15-19-5-11-21(12-6-19)20-9-3-17(4-10-20)1-2-18-7-13-22(24)14-8-18/h7-8,13-17,19-21H,1-6,9-12H2. The molecule has 2 aliphatic carbocycles. The van der Waals surface area contributed by atoms with Gasteiger partial charge in [-0.2, -0.15) is 0 Å². The van der Waals surface area contributed by atoms with Crippen LogP contribution in [-0.2, 0) is 6.42 Å². The Morgan fingerprint density at radius 3 is 2.04 bits per heavy atom. The van der Waals surface area contributed by atoms with Gasteiger partial charge in [0.2, 0.25) is 0 Å². The fourth-order valence-electron chi connectivity index (χ4n) is 4.88. The Balaban J connectivity index is 1.37. The van der Waals surface area contributed by atoms with Crippen molar-refractivity contribution in [3.63, 3.8) is 0 Å². The van der Waals surface area contributed by atoms with Crippen molar-refractivity contribution < 1.29 is 4.39 Å². The van der Waals surface area contributed by atoms with E-state index in [1.54, 1.807) is 17.7 Å². The Bertz CT molecular complexity index is 505. The van der Waals surface area contributed by atoms with Crippen LogP contribution in [0.3, 0.4) is 0 Å². The Kier molecular flexibility index (Phi) is 6.77. The van der Waals surface area contributed by atoms with Crippen LogP contribution in [0.2, 0.25) is 0 Å². The number of hydrogen-bond acceptors (Lipinski definition) is 0. The lowest BCUT2D eigenvalue weighted by atomic mass is 9.68. The van der Waals surface area contributed by atoms with Crippen molar-refractivity contribution in [3.8, 4) is 0 Å². The highest BCUT2D eigenvalue weighted by Gasteiger charge is 2.30. The smallest absolute Gasteiger partial charge is 0.123 e. The highest BCUT2D eigenvalue weighted by Crippen LogP contribution is 2.42. The van der Waals surface area contributed by atoms with Gasteiger partial charge in [-0.25, -0.2) is 4.39 Å². The molecule has 0 saturated heterocycles. The van der Waals surface area contributed by atoms with E-state index in [9.17, 15) is 4.39 Å². The quantitative estimate of drug-likeness (QED) is 0.531. The van der Waals surface area contributed by atoms with Crippen molar-refractivity contribution >= 4 is 11.6 Å². The van der Waals surface area contributed by atoms with E-state index in [2.05, 4.69) is 6.08 Å². The molecule has 2 heteroatoms. The summed E-state index contributed by atoms with van der Waals surface area (Å²) in [7, 11) is 0. The predicted octanol–water partition coefficient (Wildman–Crippen LogP) is 7.12. The molecule has 0 nitrogen and oxygen atoms in total. The fourth-order valence-corrected chi connectivity index (χ4v) is 5.09. The van der Waals surface area contributed by atoms with Crippen molar-refractivity contribution in [2.24, 2.45) is 23.7 Å². The summed E-state index contributed by atoms with van der Waals surface area (Å²) < 4.78 is 13.0. The van der Waals surface area contributed by atoms with E-state index in [4.69, 9.17) is 11.6 Å². The van der Waals surface area contributed by atoms with Gasteiger partial charge in [0, 0.05) is 5.54 Å². The molecule has 0 N–H and O–H groups in total. The monoisotopic (exact) mass is 348 g/mol. The Hall–Kier alpha value is -0.820. The summed E-state index contributed by atoms with van der Waals surface area (Å²) >= 11 is 5.72. The molecule has 0 radical (unpaired) electrons. The lowest BCUT2D eigenvalue weighted by Crippen LogP contribution is -2.25. The van der Waals surface area contributed by atoms with Crippen LogP contribution in [-0.4, -0.2) is 0 Å². The summed E-state index contributed by atoms with van der Waals surface area (Å²) in [6.45, 7) is 0. The van der Waals surface area contributed by atoms with E-state index >= 15 is 0 Å². The number of hydrogen-bond donors (Lipinski definition) is 0. The lowest BCUT2D eigenvalue weighted by molar-refractivity contribution is 0.153. The Morgan fingerprint density at radius 1 is 0.875 bits per heavy atom. The van der Waals surface area contributed by atoms with Crippen LogP contribution >= 0.6 is 11.6 Å². The Morgan fingerprint density at radius 2 is 1.46 bits per heavy atom. The van der Waals surface area contributed by atoms with Gasteiger partial charge in [0.05, 0.1) is 0 Å². The van der Waals surface area contributed by atoms with Crippen LogP contribution in [0.5, 0.6) is 0 Å². The Labute approximate surface area is 151 Å². The molecule has 0 spiro atoms. The molecule has 132 valence electrons. The molecule has 0 amide bonds. The zero-order valence-corrected chi connectivity index (χ0v) is 15.4. The number of benzene rings is 1. The normalized spacial score (nSPS) is 31.4. The van der Waals surface area contributed by atoms with Gasteiger partial charge in [-0.15, -0.1) is 0 Å². The molecule has 2 aliphatic rings. The summed E-state index contributed by atoms with van der Waals surface area (Å²) in [5.41, 5.74) is 2.99. The second-order valence-corrected chi connectivity index (χ2v) is 8.19. The number of allylic oxidation sites excluding steroid dienone is 1. The summed E-state index contributed by atoms with van der Waals surface area (Å²) in [6.07, 6.45) is 15.7. The molecule has 0 atom stereocenters. The fraction of sp³-hybridized carbons (Fsp3) is 0.636. The predicted molar refractivity (Wildman–Crippen MR) is 101 cm³/mol. The minimum Gasteiger partial charge on any atom is -0.207 e. The van der Waals surface area contributed by atoms with Crippen molar-refractivity contribution in [1.29, 1.82) is 0 Å². The zero-order valence-electron chi connectivity index (χ0n) is 14.6. The second kappa shape index (κ2) is 9.04. The molecule has 0 unspecified atom stereocenters. The molecule has 0 heterocycles. The summed E-state index contributed by atoms with van der Waals surface area (Å²) in [6, 6.07) is 7.05. The van der Waals surface area contributed by atoms with E-state index in [0.717, 1.165) is 30.1 Å². The number of rotatable bonds is 5. The highest BCUT2D eigenvalue weighted by molar-refractivity contribution is 6.25. The van der Waals surface area contributed by atoms with Crippen LogP contribution in [0.15, 0.2) is 35.9 Å². The van der Waals surface area contributed by atoms with E-state index in [1.165, 1.54) is 63.4 Å². The van der Waals surface area contributed by atoms with Crippen LogP contribution in [0.1, 0.15) is 63.4 Å². The molecule has 2 saturated carbocycles. The molecule has 0 aliphatic heterocycles. The van der Waals surface area contributed by atoms with Gasteiger partial charge in [-0.05, 0) is 92.7 Å². The molecule has 1 aromatic carbocycles. The third-order valence-corrected chi connectivity index (χ3v) is 6.62.